The molecule has 0 heterocycles. The molecule has 3 rings (SSSR count). The molecule has 0 atom stereocenters. The Morgan fingerprint density at radius 2 is 1.43 bits per heavy atom. The molecule has 3 aromatic carbocycles. The molecule has 3 aromatic rings. The fourth-order valence-electron chi connectivity index (χ4n) is 2.80. The maximum atomic E-state index is 6.21. The number of halogens is 2. The number of hydrogen-bond acceptors (Lipinski definition) is 3. The molecule has 0 aliphatic heterocycles. The third-order valence-electron chi connectivity index (χ3n) is 4.25. The molecule has 5 heteroatoms. The van der Waals surface area contributed by atoms with E-state index in [-0.39, 0.29) is 0 Å². The molecule has 0 aromatic heterocycles. The van der Waals surface area contributed by atoms with Gasteiger partial charge in [0.1, 0.15) is 6.61 Å². The molecule has 0 radical (unpaired) electrons. The minimum absolute atomic E-state index is 0.393. The van der Waals surface area contributed by atoms with Crippen molar-refractivity contribution in [1.29, 1.82) is 0 Å². The molecule has 3 nitrogen and oxygen atoms in total. The number of ether oxygens (including phenoxy) is 2. The Labute approximate surface area is 176 Å². The van der Waals surface area contributed by atoms with Gasteiger partial charge in [-0.3, -0.25) is 0 Å². The fraction of sp³-hybridized carbons (Fsp3) is 0.217. The molecular weight excluding hydrogens is 393 g/mol. The second kappa shape index (κ2) is 10.4. The Balaban J connectivity index is 1.63. The highest BCUT2D eigenvalue weighted by molar-refractivity contribution is 6.31. The van der Waals surface area contributed by atoms with Crippen LogP contribution in [0, 0.1) is 0 Å². The van der Waals surface area contributed by atoms with E-state index in [2.05, 4.69) is 5.32 Å². The minimum Gasteiger partial charge on any atom is -0.490 e. The Kier molecular flexibility index (Phi) is 7.61. The van der Waals surface area contributed by atoms with Crippen molar-refractivity contribution in [2.45, 2.75) is 26.6 Å². The van der Waals surface area contributed by atoms with Crippen molar-refractivity contribution in [3.05, 3.63) is 93.5 Å². The maximum absolute atomic E-state index is 6.21. The Morgan fingerprint density at radius 1 is 0.750 bits per heavy atom. The summed E-state index contributed by atoms with van der Waals surface area (Å²) in [4.78, 5) is 0. The molecule has 0 unspecified atom stereocenters. The second-order valence-corrected chi connectivity index (χ2v) is 7.10. The van der Waals surface area contributed by atoms with Gasteiger partial charge in [0.2, 0.25) is 0 Å². The van der Waals surface area contributed by atoms with Gasteiger partial charge in [0.25, 0.3) is 0 Å². The van der Waals surface area contributed by atoms with Crippen LogP contribution in [0.2, 0.25) is 10.0 Å². The van der Waals surface area contributed by atoms with E-state index in [0.29, 0.717) is 37.1 Å². The smallest absolute Gasteiger partial charge is 0.161 e. The van der Waals surface area contributed by atoms with Crippen molar-refractivity contribution < 1.29 is 9.47 Å². The van der Waals surface area contributed by atoms with E-state index in [1.165, 1.54) is 0 Å². The SMILES string of the molecule is CCOc1cc(CNCc2ccccc2Cl)ccc1OCc1ccccc1Cl. The van der Waals surface area contributed by atoms with E-state index in [1.54, 1.807) is 0 Å². The summed E-state index contributed by atoms with van der Waals surface area (Å²) in [6.45, 7) is 4.33. The maximum Gasteiger partial charge on any atom is 0.161 e. The molecule has 0 fully saturated rings. The second-order valence-electron chi connectivity index (χ2n) is 6.29. The summed E-state index contributed by atoms with van der Waals surface area (Å²) in [5.74, 6) is 1.43. The van der Waals surface area contributed by atoms with E-state index in [9.17, 15) is 0 Å². The largest absolute Gasteiger partial charge is 0.490 e. The van der Waals surface area contributed by atoms with Gasteiger partial charge in [-0.15, -0.1) is 0 Å². The van der Waals surface area contributed by atoms with Crippen LogP contribution in [0.5, 0.6) is 11.5 Å². The zero-order valence-corrected chi connectivity index (χ0v) is 17.3. The van der Waals surface area contributed by atoms with Crippen LogP contribution in [-0.2, 0) is 19.7 Å². The summed E-state index contributed by atoms with van der Waals surface area (Å²) in [5.41, 5.74) is 3.13. The lowest BCUT2D eigenvalue weighted by molar-refractivity contribution is 0.269. The molecule has 0 saturated heterocycles. The van der Waals surface area contributed by atoms with Crippen molar-refractivity contribution in [2.75, 3.05) is 6.61 Å². The van der Waals surface area contributed by atoms with E-state index < -0.39 is 0 Å². The third-order valence-corrected chi connectivity index (χ3v) is 4.99. The zero-order valence-electron chi connectivity index (χ0n) is 15.8. The van der Waals surface area contributed by atoms with Gasteiger partial charge in [-0.25, -0.2) is 0 Å². The fourth-order valence-corrected chi connectivity index (χ4v) is 3.20. The summed E-state index contributed by atoms with van der Waals surface area (Å²) in [7, 11) is 0. The lowest BCUT2D eigenvalue weighted by atomic mass is 10.1. The lowest BCUT2D eigenvalue weighted by Crippen LogP contribution is -2.13. The molecule has 0 spiro atoms. The van der Waals surface area contributed by atoms with Crippen molar-refractivity contribution in [3.63, 3.8) is 0 Å². The number of rotatable bonds is 9. The van der Waals surface area contributed by atoms with Crippen molar-refractivity contribution in [3.8, 4) is 11.5 Å². The molecule has 28 heavy (non-hydrogen) atoms. The van der Waals surface area contributed by atoms with Gasteiger partial charge >= 0.3 is 0 Å². The Hall–Kier alpha value is -2.20. The molecule has 0 aliphatic rings. The highest BCUT2D eigenvalue weighted by Gasteiger charge is 2.08. The van der Waals surface area contributed by atoms with E-state index in [1.807, 2.05) is 73.7 Å². The predicted octanol–water partition coefficient (Wildman–Crippen LogP) is 6.26. The standard InChI is InChI=1S/C23H23Cl2NO2/c1-2-27-23-13-17(14-26-15-18-7-3-5-9-20(18)24)11-12-22(23)28-16-19-8-4-6-10-21(19)25/h3-13,26H,2,14-16H2,1H3. The van der Waals surface area contributed by atoms with E-state index in [4.69, 9.17) is 32.7 Å². The van der Waals surface area contributed by atoms with Gasteiger partial charge in [0, 0.05) is 28.7 Å². The Bertz CT molecular complexity index is 915. The predicted molar refractivity (Wildman–Crippen MR) is 115 cm³/mol. The van der Waals surface area contributed by atoms with Crippen LogP contribution in [0.25, 0.3) is 0 Å². The first-order valence-corrected chi connectivity index (χ1v) is 9.99. The van der Waals surface area contributed by atoms with Crippen molar-refractivity contribution in [1.82, 2.24) is 5.32 Å². The number of hydrogen-bond donors (Lipinski definition) is 1. The molecule has 1 N–H and O–H groups in total. The van der Waals surface area contributed by atoms with Crippen LogP contribution in [0.1, 0.15) is 23.6 Å². The normalized spacial score (nSPS) is 10.7. The van der Waals surface area contributed by atoms with Gasteiger partial charge in [-0.1, -0.05) is 65.7 Å². The van der Waals surface area contributed by atoms with Crippen LogP contribution < -0.4 is 14.8 Å². The first-order chi connectivity index (χ1) is 13.7. The Morgan fingerprint density at radius 3 is 2.11 bits per heavy atom. The quantitative estimate of drug-likeness (QED) is 0.447. The average molecular weight is 416 g/mol. The van der Waals surface area contributed by atoms with Crippen LogP contribution >= 0.6 is 23.2 Å². The highest BCUT2D eigenvalue weighted by atomic mass is 35.5. The van der Waals surface area contributed by atoms with Crippen LogP contribution in [0.4, 0.5) is 0 Å². The first-order valence-electron chi connectivity index (χ1n) is 9.23. The summed E-state index contributed by atoms with van der Waals surface area (Å²) < 4.78 is 11.7. The van der Waals surface area contributed by atoms with Gasteiger partial charge in [-0.2, -0.15) is 0 Å². The van der Waals surface area contributed by atoms with E-state index >= 15 is 0 Å². The molecule has 0 saturated carbocycles. The van der Waals surface area contributed by atoms with Gasteiger partial charge in [0.15, 0.2) is 11.5 Å². The molecular formula is C23H23Cl2NO2. The lowest BCUT2D eigenvalue weighted by Gasteiger charge is -2.14. The van der Waals surface area contributed by atoms with Gasteiger partial charge in [-0.05, 0) is 42.3 Å². The topological polar surface area (TPSA) is 30.5 Å². The van der Waals surface area contributed by atoms with E-state index in [0.717, 1.165) is 27.5 Å². The third kappa shape index (κ3) is 5.65. The summed E-state index contributed by atoms with van der Waals surface area (Å²) in [6.07, 6.45) is 0. The summed E-state index contributed by atoms with van der Waals surface area (Å²) in [6, 6.07) is 21.5. The van der Waals surface area contributed by atoms with Crippen molar-refractivity contribution in [2.24, 2.45) is 0 Å². The van der Waals surface area contributed by atoms with Crippen LogP contribution in [-0.4, -0.2) is 6.61 Å². The number of nitrogens with one attached hydrogen (secondary N) is 1. The summed E-state index contributed by atoms with van der Waals surface area (Å²) >= 11 is 12.4. The molecule has 0 bridgehead atoms. The molecule has 0 aliphatic carbocycles. The first kappa shape index (κ1) is 20.5. The average Bonchev–Trinajstić information content (AvgIpc) is 2.70. The minimum atomic E-state index is 0.393. The van der Waals surface area contributed by atoms with Crippen LogP contribution in [0.3, 0.4) is 0 Å². The van der Waals surface area contributed by atoms with Crippen molar-refractivity contribution >= 4 is 23.2 Å². The molecule has 0 amide bonds. The van der Waals surface area contributed by atoms with Gasteiger partial charge < -0.3 is 14.8 Å². The molecule has 146 valence electrons. The zero-order chi connectivity index (χ0) is 19.8. The van der Waals surface area contributed by atoms with Gasteiger partial charge in [0.05, 0.1) is 6.61 Å². The highest BCUT2D eigenvalue weighted by Crippen LogP contribution is 2.30. The monoisotopic (exact) mass is 415 g/mol. The summed E-state index contributed by atoms with van der Waals surface area (Å²) in [5, 5.41) is 4.88. The number of benzene rings is 3. The van der Waals surface area contributed by atoms with Crippen LogP contribution in [0.15, 0.2) is 66.7 Å².